The van der Waals surface area contributed by atoms with Crippen molar-refractivity contribution < 1.29 is 8.78 Å². The summed E-state index contributed by atoms with van der Waals surface area (Å²) in [6.45, 7) is 3.60. The molecule has 2 nitrogen and oxygen atoms in total. The van der Waals surface area contributed by atoms with E-state index in [4.69, 9.17) is 5.84 Å². The van der Waals surface area contributed by atoms with Crippen LogP contribution in [0.25, 0.3) is 0 Å². The van der Waals surface area contributed by atoms with E-state index in [9.17, 15) is 8.78 Å². The van der Waals surface area contributed by atoms with E-state index in [0.717, 1.165) is 5.75 Å². The van der Waals surface area contributed by atoms with E-state index in [1.807, 2.05) is 6.92 Å². The van der Waals surface area contributed by atoms with Gasteiger partial charge < -0.3 is 0 Å². The summed E-state index contributed by atoms with van der Waals surface area (Å²) in [5.74, 6) is 5.70. The largest absolute Gasteiger partial charge is 0.271 e. The number of halogens is 2. The molecule has 0 aliphatic carbocycles. The van der Waals surface area contributed by atoms with Gasteiger partial charge in [-0.1, -0.05) is 13.0 Å². The molecule has 1 unspecified atom stereocenters. The molecule has 1 atom stereocenters. The standard InChI is InChI=1S/C11H16F2N2S/c1-3-16-6-9(15-14)10-8(12)5-4-7(2)11(10)13/h4-5,9,15H,3,6,14H2,1-2H3. The zero-order valence-corrected chi connectivity index (χ0v) is 10.2. The Morgan fingerprint density at radius 2 is 2.12 bits per heavy atom. The molecule has 0 bridgehead atoms. The molecule has 0 spiro atoms. The molecule has 0 heterocycles. The van der Waals surface area contributed by atoms with E-state index < -0.39 is 17.7 Å². The first kappa shape index (κ1) is 13.4. The van der Waals surface area contributed by atoms with Gasteiger partial charge in [0.25, 0.3) is 0 Å². The van der Waals surface area contributed by atoms with Gasteiger partial charge in [0, 0.05) is 11.3 Å². The predicted molar refractivity (Wildman–Crippen MR) is 64.2 cm³/mol. The van der Waals surface area contributed by atoms with Crippen LogP contribution in [-0.4, -0.2) is 11.5 Å². The molecule has 1 aromatic carbocycles. The van der Waals surface area contributed by atoms with E-state index in [1.165, 1.54) is 12.1 Å². The van der Waals surface area contributed by atoms with Crippen LogP contribution in [-0.2, 0) is 0 Å². The van der Waals surface area contributed by atoms with Gasteiger partial charge in [0.05, 0.1) is 6.04 Å². The minimum atomic E-state index is -0.553. The highest BCUT2D eigenvalue weighted by Gasteiger charge is 2.20. The van der Waals surface area contributed by atoms with Crippen molar-refractivity contribution in [2.24, 2.45) is 5.84 Å². The molecule has 16 heavy (non-hydrogen) atoms. The highest BCUT2D eigenvalue weighted by molar-refractivity contribution is 7.99. The summed E-state index contributed by atoms with van der Waals surface area (Å²) in [7, 11) is 0. The second kappa shape index (κ2) is 6.18. The molecule has 0 aliphatic rings. The highest BCUT2D eigenvalue weighted by atomic mass is 32.2. The number of nitrogens with two attached hydrogens (primary N) is 1. The van der Waals surface area contributed by atoms with E-state index >= 15 is 0 Å². The molecule has 0 aromatic heterocycles. The zero-order chi connectivity index (χ0) is 12.1. The van der Waals surface area contributed by atoms with Crippen LogP contribution >= 0.6 is 11.8 Å². The third-order valence-corrected chi connectivity index (χ3v) is 3.34. The van der Waals surface area contributed by atoms with E-state index in [-0.39, 0.29) is 5.56 Å². The Bertz CT molecular complexity index is 358. The molecule has 0 fully saturated rings. The summed E-state index contributed by atoms with van der Waals surface area (Å²) < 4.78 is 27.3. The lowest BCUT2D eigenvalue weighted by atomic mass is 10.0. The van der Waals surface area contributed by atoms with Crippen LogP contribution < -0.4 is 11.3 Å². The number of hydrogen-bond acceptors (Lipinski definition) is 3. The Morgan fingerprint density at radius 3 is 2.69 bits per heavy atom. The maximum atomic E-state index is 13.8. The van der Waals surface area contributed by atoms with Crippen LogP contribution in [0.2, 0.25) is 0 Å². The summed E-state index contributed by atoms with van der Waals surface area (Å²) >= 11 is 1.58. The van der Waals surface area contributed by atoms with Gasteiger partial charge in [-0.25, -0.2) is 8.78 Å². The van der Waals surface area contributed by atoms with Crippen molar-refractivity contribution in [1.82, 2.24) is 5.43 Å². The molecule has 1 rings (SSSR count). The average molecular weight is 246 g/mol. The second-order valence-electron chi connectivity index (χ2n) is 3.47. The van der Waals surface area contributed by atoms with Crippen molar-refractivity contribution in [2.45, 2.75) is 19.9 Å². The van der Waals surface area contributed by atoms with Gasteiger partial charge in [-0.15, -0.1) is 0 Å². The van der Waals surface area contributed by atoms with Crippen molar-refractivity contribution in [1.29, 1.82) is 0 Å². The van der Waals surface area contributed by atoms with Gasteiger partial charge in [0.2, 0.25) is 0 Å². The summed E-state index contributed by atoms with van der Waals surface area (Å²) in [4.78, 5) is 0. The molecule has 90 valence electrons. The smallest absolute Gasteiger partial charge is 0.133 e. The molecular formula is C11H16F2N2S. The first-order valence-corrected chi connectivity index (χ1v) is 6.25. The number of rotatable bonds is 5. The van der Waals surface area contributed by atoms with Crippen LogP contribution in [0, 0.1) is 18.6 Å². The second-order valence-corrected chi connectivity index (χ2v) is 4.79. The Hall–Kier alpha value is -0.650. The van der Waals surface area contributed by atoms with Crippen LogP contribution in [0.5, 0.6) is 0 Å². The highest BCUT2D eigenvalue weighted by Crippen LogP contribution is 2.25. The van der Waals surface area contributed by atoms with E-state index in [2.05, 4.69) is 5.43 Å². The number of thioether (sulfide) groups is 1. The Labute approximate surface area is 98.6 Å². The molecule has 3 N–H and O–H groups in total. The number of hydrazine groups is 1. The fraction of sp³-hybridized carbons (Fsp3) is 0.455. The van der Waals surface area contributed by atoms with Crippen molar-refractivity contribution in [3.63, 3.8) is 0 Å². The Morgan fingerprint density at radius 1 is 1.44 bits per heavy atom. The predicted octanol–water partition coefficient (Wildman–Crippen LogP) is 2.53. The topological polar surface area (TPSA) is 38.0 Å². The average Bonchev–Trinajstić information content (AvgIpc) is 2.28. The lowest BCUT2D eigenvalue weighted by Crippen LogP contribution is -2.31. The Balaban J connectivity index is 3.03. The molecule has 0 amide bonds. The number of hydrogen-bond donors (Lipinski definition) is 2. The van der Waals surface area contributed by atoms with Crippen LogP contribution in [0.4, 0.5) is 8.78 Å². The molecule has 0 saturated carbocycles. The summed E-state index contributed by atoms with van der Waals surface area (Å²) in [6, 6.07) is 2.20. The normalized spacial score (nSPS) is 12.8. The number of aryl methyl sites for hydroxylation is 1. The van der Waals surface area contributed by atoms with Gasteiger partial charge >= 0.3 is 0 Å². The van der Waals surface area contributed by atoms with Gasteiger partial charge in [-0.05, 0) is 24.3 Å². The third kappa shape index (κ3) is 2.93. The molecule has 0 saturated heterocycles. The first-order chi connectivity index (χ1) is 7.61. The molecule has 5 heteroatoms. The number of nitrogens with one attached hydrogen (secondary N) is 1. The van der Waals surface area contributed by atoms with Crippen molar-refractivity contribution in [3.05, 3.63) is 34.9 Å². The lowest BCUT2D eigenvalue weighted by molar-refractivity contribution is 0.496. The van der Waals surface area contributed by atoms with Gasteiger partial charge in [0.1, 0.15) is 11.6 Å². The van der Waals surface area contributed by atoms with Gasteiger partial charge in [0.15, 0.2) is 0 Å². The summed E-state index contributed by atoms with van der Waals surface area (Å²) in [5, 5.41) is 0. The van der Waals surface area contributed by atoms with Crippen molar-refractivity contribution in [3.8, 4) is 0 Å². The molecule has 0 aliphatic heterocycles. The molecule has 1 aromatic rings. The minimum absolute atomic E-state index is 0.0310. The van der Waals surface area contributed by atoms with Crippen molar-refractivity contribution in [2.75, 3.05) is 11.5 Å². The SMILES string of the molecule is CCSCC(NN)c1c(F)ccc(C)c1F. The maximum absolute atomic E-state index is 13.8. The summed E-state index contributed by atoms with van der Waals surface area (Å²) in [6.07, 6.45) is 0. The quantitative estimate of drug-likeness (QED) is 0.619. The van der Waals surface area contributed by atoms with Crippen LogP contribution in [0.3, 0.4) is 0 Å². The first-order valence-electron chi connectivity index (χ1n) is 5.10. The molecule has 0 radical (unpaired) electrons. The Kier molecular flexibility index (Phi) is 5.18. The summed E-state index contributed by atoms with van der Waals surface area (Å²) in [5.41, 5.74) is 2.92. The van der Waals surface area contributed by atoms with E-state index in [0.29, 0.717) is 11.3 Å². The lowest BCUT2D eigenvalue weighted by Gasteiger charge is -2.18. The third-order valence-electron chi connectivity index (χ3n) is 2.36. The monoisotopic (exact) mass is 246 g/mol. The fourth-order valence-corrected chi connectivity index (χ4v) is 2.18. The van der Waals surface area contributed by atoms with Crippen LogP contribution in [0.1, 0.15) is 24.1 Å². The van der Waals surface area contributed by atoms with Gasteiger partial charge in [-0.3, -0.25) is 11.3 Å². The minimum Gasteiger partial charge on any atom is -0.271 e. The number of benzene rings is 1. The fourth-order valence-electron chi connectivity index (χ4n) is 1.45. The molecular weight excluding hydrogens is 230 g/mol. The van der Waals surface area contributed by atoms with Crippen LogP contribution in [0.15, 0.2) is 12.1 Å². The maximum Gasteiger partial charge on any atom is 0.133 e. The van der Waals surface area contributed by atoms with Crippen molar-refractivity contribution >= 4 is 11.8 Å². The van der Waals surface area contributed by atoms with E-state index in [1.54, 1.807) is 18.7 Å². The zero-order valence-electron chi connectivity index (χ0n) is 9.39. The van der Waals surface area contributed by atoms with Gasteiger partial charge in [-0.2, -0.15) is 11.8 Å².